The number of para-hydroxylation sites is 1. The molecule has 0 amide bonds. The topological polar surface area (TPSA) is 114 Å². The molecule has 0 aliphatic heterocycles. The van der Waals surface area contributed by atoms with Crippen LogP contribution in [0.1, 0.15) is 5.56 Å². The van der Waals surface area contributed by atoms with Gasteiger partial charge >= 0.3 is 0 Å². The van der Waals surface area contributed by atoms with E-state index in [9.17, 15) is 13.2 Å². The standard InChI is InChI=1S/C16H15N3O5S/c1-23-13-5-3-2-4-11(13)10-17-25(21,22)16-9-7-14(24-16)12-6-8-15(20)19-18-12/h2-9,17H,10H2,1H3,(H,19,20). The first-order valence-corrected chi connectivity index (χ1v) is 8.75. The second-order valence-corrected chi connectivity index (χ2v) is 6.76. The molecule has 130 valence electrons. The summed E-state index contributed by atoms with van der Waals surface area (Å²) in [6.07, 6.45) is 0. The van der Waals surface area contributed by atoms with E-state index < -0.39 is 10.0 Å². The Morgan fingerprint density at radius 2 is 1.96 bits per heavy atom. The van der Waals surface area contributed by atoms with Crippen molar-refractivity contribution in [1.29, 1.82) is 0 Å². The van der Waals surface area contributed by atoms with Crippen molar-refractivity contribution < 1.29 is 17.6 Å². The van der Waals surface area contributed by atoms with Gasteiger partial charge in [0, 0.05) is 18.2 Å². The van der Waals surface area contributed by atoms with Crippen LogP contribution in [0, 0.1) is 0 Å². The smallest absolute Gasteiger partial charge is 0.274 e. The number of methoxy groups -OCH3 is 1. The average Bonchev–Trinajstić information content (AvgIpc) is 3.12. The van der Waals surface area contributed by atoms with Gasteiger partial charge < -0.3 is 9.15 Å². The van der Waals surface area contributed by atoms with Crippen LogP contribution >= 0.6 is 0 Å². The SMILES string of the molecule is COc1ccccc1CNS(=O)(=O)c1ccc(-c2ccc(=O)[nH]n2)o1. The summed E-state index contributed by atoms with van der Waals surface area (Å²) < 4.78 is 37.8. The van der Waals surface area contributed by atoms with Crippen LogP contribution in [0.15, 0.2) is 62.8 Å². The number of nitrogens with one attached hydrogen (secondary N) is 2. The van der Waals surface area contributed by atoms with Crippen molar-refractivity contribution in [3.05, 3.63) is 64.4 Å². The molecule has 0 saturated carbocycles. The molecule has 0 aliphatic carbocycles. The van der Waals surface area contributed by atoms with E-state index in [1.54, 1.807) is 24.3 Å². The molecule has 2 N–H and O–H groups in total. The van der Waals surface area contributed by atoms with Crippen LogP contribution in [-0.2, 0) is 16.6 Å². The molecule has 3 aromatic rings. The Hall–Kier alpha value is -2.91. The first kappa shape index (κ1) is 16.9. The van der Waals surface area contributed by atoms with E-state index in [1.165, 1.54) is 31.4 Å². The third-order valence-electron chi connectivity index (χ3n) is 3.42. The van der Waals surface area contributed by atoms with Crippen LogP contribution in [0.5, 0.6) is 5.75 Å². The second kappa shape index (κ2) is 6.91. The highest BCUT2D eigenvalue weighted by Crippen LogP contribution is 2.23. The van der Waals surface area contributed by atoms with Crippen molar-refractivity contribution in [2.24, 2.45) is 0 Å². The molecule has 0 atom stereocenters. The third kappa shape index (κ3) is 3.78. The molecule has 3 rings (SSSR count). The van der Waals surface area contributed by atoms with E-state index in [2.05, 4.69) is 14.9 Å². The molecule has 8 nitrogen and oxygen atoms in total. The van der Waals surface area contributed by atoms with Gasteiger partial charge in [-0.1, -0.05) is 18.2 Å². The number of furan rings is 1. The van der Waals surface area contributed by atoms with Gasteiger partial charge in [0.05, 0.1) is 7.11 Å². The highest BCUT2D eigenvalue weighted by atomic mass is 32.2. The Labute approximate surface area is 143 Å². The van der Waals surface area contributed by atoms with Gasteiger partial charge in [-0.15, -0.1) is 0 Å². The van der Waals surface area contributed by atoms with Gasteiger partial charge in [0.25, 0.3) is 15.6 Å². The van der Waals surface area contributed by atoms with Crippen LogP contribution < -0.4 is 15.0 Å². The Kier molecular flexibility index (Phi) is 4.68. The fourth-order valence-electron chi connectivity index (χ4n) is 2.18. The van der Waals surface area contributed by atoms with Crippen molar-refractivity contribution in [1.82, 2.24) is 14.9 Å². The van der Waals surface area contributed by atoms with E-state index >= 15 is 0 Å². The minimum atomic E-state index is -3.85. The molecule has 0 radical (unpaired) electrons. The third-order valence-corrected chi connectivity index (χ3v) is 4.70. The predicted octanol–water partition coefficient (Wildman–Crippen LogP) is 1.52. The molecule has 2 aromatic heterocycles. The zero-order valence-electron chi connectivity index (χ0n) is 13.2. The molecule has 9 heteroatoms. The van der Waals surface area contributed by atoms with Gasteiger partial charge in [-0.25, -0.2) is 18.2 Å². The summed E-state index contributed by atoms with van der Waals surface area (Å²) in [7, 11) is -2.33. The lowest BCUT2D eigenvalue weighted by Crippen LogP contribution is -2.23. The molecule has 0 fully saturated rings. The van der Waals surface area contributed by atoms with Gasteiger partial charge in [-0.2, -0.15) is 5.10 Å². The number of ether oxygens (including phenoxy) is 1. The molecular formula is C16H15N3O5S. The zero-order chi connectivity index (χ0) is 17.9. The van der Waals surface area contributed by atoms with E-state index in [4.69, 9.17) is 9.15 Å². The first-order valence-electron chi connectivity index (χ1n) is 7.27. The van der Waals surface area contributed by atoms with Crippen LogP contribution in [0.3, 0.4) is 0 Å². The summed E-state index contributed by atoms with van der Waals surface area (Å²) in [4.78, 5) is 11.0. The number of H-pyrrole nitrogens is 1. The van der Waals surface area contributed by atoms with Gasteiger partial charge in [0.1, 0.15) is 11.4 Å². The minimum Gasteiger partial charge on any atom is -0.496 e. The molecular weight excluding hydrogens is 346 g/mol. The van der Waals surface area contributed by atoms with Gasteiger partial charge in [0.15, 0.2) is 5.76 Å². The van der Waals surface area contributed by atoms with Gasteiger partial charge in [-0.05, 0) is 24.3 Å². The maximum atomic E-state index is 12.4. The molecule has 0 unspecified atom stereocenters. The normalized spacial score (nSPS) is 11.4. The minimum absolute atomic E-state index is 0.0548. The van der Waals surface area contributed by atoms with E-state index in [-0.39, 0.29) is 23.0 Å². The molecule has 0 bridgehead atoms. The lowest BCUT2D eigenvalue weighted by atomic mass is 10.2. The maximum absolute atomic E-state index is 12.4. The summed E-state index contributed by atoms with van der Waals surface area (Å²) in [5.41, 5.74) is 0.662. The highest BCUT2D eigenvalue weighted by Gasteiger charge is 2.20. The molecule has 25 heavy (non-hydrogen) atoms. The van der Waals surface area contributed by atoms with Crippen molar-refractivity contribution in [3.63, 3.8) is 0 Å². The number of nitrogens with zero attached hydrogens (tertiary/aromatic N) is 1. The maximum Gasteiger partial charge on any atom is 0.274 e. The zero-order valence-corrected chi connectivity index (χ0v) is 14.0. The first-order chi connectivity index (χ1) is 12.0. The summed E-state index contributed by atoms with van der Waals surface area (Å²) in [5, 5.41) is 5.81. The Morgan fingerprint density at radius 1 is 1.16 bits per heavy atom. The lowest BCUT2D eigenvalue weighted by molar-refractivity contribution is 0.408. The number of hydrogen-bond donors (Lipinski definition) is 2. The summed E-state index contributed by atoms with van der Waals surface area (Å²) in [5.74, 6) is 0.816. The van der Waals surface area contributed by atoms with E-state index in [0.29, 0.717) is 17.0 Å². The largest absolute Gasteiger partial charge is 0.496 e. The highest BCUT2D eigenvalue weighted by molar-refractivity contribution is 7.89. The molecule has 0 saturated heterocycles. The number of rotatable bonds is 6. The predicted molar refractivity (Wildman–Crippen MR) is 89.6 cm³/mol. The molecule has 0 spiro atoms. The molecule has 2 heterocycles. The number of hydrogen-bond acceptors (Lipinski definition) is 6. The fraction of sp³-hybridized carbons (Fsp3) is 0.125. The summed E-state index contributed by atoms with van der Waals surface area (Å²) in [6.45, 7) is 0.0548. The number of aromatic nitrogens is 2. The van der Waals surface area contributed by atoms with Crippen molar-refractivity contribution in [3.8, 4) is 17.2 Å². The van der Waals surface area contributed by atoms with Crippen molar-refractivity contribution in [2.75, 3.05) is 7.11 Å². The van der Waals surface area contributed by atoms with Crippen LogP contribution in [0.2, 0.25) is 0 Å². The number of sulfonamides is 1. The molecule has 1 aromatic carbocycles. The average molecular weight is 361 g/mol. The van der Waals surface area contributed by atoms with Crippen molar-refractivity contribution in [2.45, 2.75) is 11.6 Å². The quantitative estimate of drug-likeness (QED) is 0.688. The summed E-state index contributed by atoms with van der Waals surface area (Å²) >= 11 is 0. The Balaban J connectivity index is 1.79. The van der Waals surface area contributed by atoms with E-state index in [1.807, 2.05) is 0 Å². The van der Waals surface area contributed by atoms with Crippen molar-refractivity contribution >= 4 is 10.0 Å². The van der Waals surface area contributed by atoms with E-state index in [0.717, 1.165) is 0 Å². The van der Waals surface area contributed by atoms with Crippen LogP contribution in [0.4, 0.5) is 0 Å². The van der Waals surface area contributed by atoms with Crippen LogP contribution in [-0.4, -0.2) is 25.7 Å². The Morgan fingerprint density at radius 3 is 2.68 bits per heavy atom. The monoisotopic (exact) mass is 361 g/mol. The fourth-order valence-corrected chi connectivity index (χ4v) is 3.11. The number of benzene rings is 1. The second-order valence-electron chi connectivity index (χ2n) is 5.06. The summed E-state index contributed by atoms with van der Waals surface area (Å²) in [6, 6.07) is 12.6. The van der Waals surface area contributed by atoms with Gasteiger partial charge in [0.2, 0.25) is 5.09 Å². The lowest BCUT2D eigenvalue weighted by Gasteiger charge is -2.08. The van der Waals surface area contributed by atoms with Gasteiger partial charge in [-0.3, -0.25) is 4.79 Å². The Bertz CT molecular complexity index is 1020. The van der Waals surface area contributed by atoms with Crippen LogP contribution in [0.25, 0.3) is 11.5 Å². The molecule has 0 aliphatic rings. The number of aromatic amines is 1.